The molecule has 0 atom stereocenters. The van der Waals surface area contributed by atoms with E-state index in [1.54, 1.807) is 19.2 Å². The summed E-state index contributed by atoms with van der Waals surface area (Å²) in [6.45, 7) is 4.59. The number of ether oxygens (including phenoxy) is 1. The topological polar surface area (TPSA) is 53.1 Å². The van der Waals surface area contributed by atoms with Crippen LogP contribution in [0.5, 0.6) is 5.75 Å². The molecule has 1 aromatic rings. The zero-order chi connectivity index (χ0) is 19.6. The van der Waals surface area contributed by atoms with Crippen LogP contribution in [-0.2, 0) is 4.79 Å². The summed E-state index contributed by atoms with van der Waals surface area (Å²) in [6, 6.07) is 7.24. The highest BCUT2D eigenvalue weighted by molar-refractivity contribution is 5.94. The highest BCUT2D eigenvalue weighted by atomic mass is 16.5. The third-order valence-electron chi connectivity index (χ3n) is 6.73. The van der Waals surface area contributed by atoms with E-state index < -0.39 is 0 Å². The van der Waals surface area contributed by atoms with E-state index in [1.165, 1.54) is 12.8 Å². The second-order valence-corrected chi connectivity index (χ2v) is 8.25. The van der Waals surface area contributed by atoms with Gasteiger partial charge in [-0.2, -0.15) is 0 Å². The third kappa shape index (κ3) is 3.50. The van der Waals surface area contributed by atoms with Gasteiger partial charge >= 0.3 is 0 Å². The fraction of sp³-hybridized carbons (Fsp3) is 0.636. The molecule has 6 nitrogen and oxygen atoms in total. The van der Waals surface area contributed by atoms with E-state index in [0.717, 1.165) is 44.5 Å². The first-order valence-corrected chi connectivity index (χ1v) is 10.6. The molecule has 0 bridgehead atoms. The molecular weight excluding hydrogens is 354 g/mol. The smallest absolute Gasteiger partial charge is 0.253 e. The lowest BCUT2D eigenvalue weighted by Crippen LogP contribution is -2.61. The number of piperazine rings is 1. The Labute approximate surface area is 167 Å². The second kappa shape index (κ2) is 8.11. The second-order valence-electron chi connectivity index (χ2n) is 8.25. The van der Waals surface area contributed by atoms with Gasteiger partial charge in [0.05, 0.1) is 7.11 Å². The summed E-state index contributed by atoms with van der Waals surface area (Å²) in [5.74, 6) is 1.09. The Bertz CT molecular complexity index is 698. The number of carbonyl (C=O) groups excluding carboxylic acids is 2. The zero-order valence-corrected chi connectivity index (χ0v) is 16.9. The van der Waals surface area contributed by atoms with Gasteiger partial charge in [0.25, 0.3) is 5.91 Å². The van der Waals surface area contributed by atoms with Crippen LogP contribution in [-0.4, -0.2) is 78.4 Å². The molecular formula is C22H31N3O3. The van der Waals surface area contributed by atoms with Gasteiger partial charge in [0.2, 0.25) is 5.91 Å². The molecule has 2 heterocycles. The molecule has 152 valence electrons. The lowest BCUT2D eigenvalue weighted by Gasteiger charge is -2.43. The van der Waals surface area contributed by atoms with Crippen molar-refractivity contribution in [3.63, 3.8) is 0 Å². The lowest BCUT2D eigenvalue weighted by molar-refractivity contribution is -0.145. The number of nitrogens with zero attached hydrogens (tertiary/aromatic N) is 3. The maximum absolute atomic E-state index is 13.5. The molecule has 4 rings (SSSR count). The van der Waals surface area contributed by atoms with Crippen molar-refractivity contribution >= 4 is 11.8 Å². The number of carbonyl (C=O) groups is 2. The number of hydrogen-bond donors (Lipinski definition) is 0. The first-order valence-electron chi connectivity index (χ1n) is 10.6. The quantitative estimate of drug-likeness (QED) is 0.799. The summed E-state index contributed by atoms with van der Waals surface area (Å²) in [5, 5.41) is 0. The molecule has 1 aromatic carbocycles. The summed E-state index contributed by atoms with van der Waals surface area (Å²) < 4.78 is 5.16. The minimum atomic E-state index is -0.265. The monoisotopic (exact) mass is 385 g/mol. The Morgan fingerprint density at radius 3 is 1.96 bits per heavy atom. The molecule has 3 aliphatic rings. The predicted octanol–water partition coefficient (Wildman–Crippen LogP) is 2.39. The van der Waals surface area contributed by atoms with Gasteiger partial charge < -0.3 is 14.5 Å². The van der Waals surface area contributed by atoms with Crippen LogP contribution in [0.2, 0.25) is 0 Å². The molecule has 2 aliphatic heterocycles. The van der Waals surface area contributed by atoms with Crippen molar-refractivity contribution in [3.8, 4) is 5.75 Å². The first kappa shape index (κ1) is 19.2. The van der Waals surface area contributed by atoms with E-state index in [2.05, 4.69) is 4.90 Å². The molecule has 0 N–H and O–H groups in total. The molecule has 2 amide bonds. The highest BCUT2D eigenvalue weighted by Crippen LogP contribution is 2.39. The van der Waals surface area contributed by atoms with Crippen molar-refractivity contribution in [3.05, 3.63) is 29.8 Å². The van der Waals surface area contributed by atoms with Crippen LogP contribution in [0, 0.1) is 0 Å². The Balaban J connectivity index is 1.39. The number of likely N-dealkylation sites (tertiary alicyclic amines) is 1. The number of amides is 2. The van der Waals surface area contributed by atoms with Gasteiger partial charge in [-0.3, -0.25) is 14.5 Å². The maximum Gasteiger partial charge on any atom is 0.253 e. The third-order valence-corrected chi connectivity index (χ3v) is 6.73. The normalized spacial score (nSPS) is 22.5. The molecule has 1 saturated carbocycles. The Morgan fingerprint density at radius 2 is 1.39 bits per heavy atom. The summed E-state index contributed by atoms with van der Waals surface area (Å²) in [6.07, 6.45) is 6.71. The van der Waals surface area contributed by atoms with E-state index in [-0.39, 0.29) is 11.4 Å². The average Bonchev–Trinajstić information content (AvgIpc) is 3.45. The van der Waals surface area contributed by atoms with E-state index >= 15 is 0 Å². The van der Waals surface area contributed by atoms with Gasteiger partial charge in [-0.05, 0) is 63.0 Å². The summed E-state index contributed by atoms with van der Waals surface area (Å²) in [5.41, 5.74) is 0.406. The average molecular weight is 386 g/mol. The van der Waals surface area contributed by atoms with Crippen molar-refractivity contribution in [2.45, 2.75) is 44.1 Å². The molecule has 6 heteroatoms. The van der Waals surface area contributed by atoms with Gasteiger partial charge in [0.15, 0.2) is 0 Å². The Hall–Kier alpha value is -2.08. The molecule has 2 saturated heterocycles. The molecule has 0 radical (unpaired) electrons. The van der Waals surface area contributed by atoms with E-state index in [1.807, 2.05) is 21.9 Å². The van der Waals surface area contributed by atoms with Crippen molar-refractivity contribution in [2.24, 2.45) is 0 Å². The van der Waals surface area contributed by atoms with Crippen molar-refractivity contribution in [1.82, 2.24) is 14.7 Å². The summed E-state index contributed by atoms with van der Waals surface area (Å²) in [4.78, 5) is 32.6. The summed E-state index contributed by atoms with van der Waals surface area (Å²) >= 11 is 0. The first-order chi connectivity index (χ1) is 13.6. The number of methoxy groups -OCH3 is 1. The van der Waals surface area contributed by atoms with E-state index in [4.69, 9.17) is 4.74 Å². The molecule has 0 spiro atoms. The molecule has 28 heavy (non-hydrogen) atoms. The highest BCUT2D eigenvalue weighted by Gasteiger charge is 2.49. The lowest BCUT2D eigenvalue weighted by atomic mass is 9.93. The molecule has 0 aromatic heterocycles. The fourth-order valence-corrected chi connectivity index (χ4v) is 5.09. The predicted molar refractivity (Wildman–Crippen MR) is 107 cm³/mol. The van der Waals surface area contributed by atoms with Crippen LogP contribution in [0.15, 0.2) is 24.3 Å². The Kier molecular flexibility index (Phi) is 5.58. The largest absolute Gasteiger partial charge is 0.497 e. The number of benzene rings is 1. The van der Waals surface area contributed by atoms with Gasteiger partial charge in [-0.1, -0.05) is 12.8 Å². The molecule has 0 unspecified atom stereocenters. The molecule has 1 aliphatic carbocycles. The van der Waals surface area contributed by atoms with Crippen LogP contribution in [0.3, 0.4) is 0 Å². The summed E-state index contributed by atoms with van der Waals surface area (Å²) in [7, 11) is 1.62. The minimum absolute atomic E-state index is 0.0323. The van der Waals surface area contributed by atoms with Gasteiger partial charge in [-0.15, -0.1) is 0 Å². The number of hydrogen-bond acceptors (Lipinski definition) is 4. The van der Waals surface area contributed by atoms with Gasteiger partial charge in [-0.25, -0.2) is 0 Å². The van der Waals surface area contributed by atoms with Crippen molar-refractivity contribution < 1.29 is 14.3 Å². The van der Waals surface area contributed by atoms with Crippen LogP contribution >= 0.6 is 0 Å². The maximum atomic E-state index is 13.5. The Morgan fingerprint density at radius 1 is 0.821 bits per heavy atom. The van der Waals surface area contributed by atoms with Crippen LogP contribution in [0.4, 0.5) is 0 Å². The van der Waals surface area contributed by atoms with Crippen LogP contribution in [0.25, 0.3) is 0 Å². The SMILES string of the molecule is COc1ccc(C(=O)N2CCN(C(=O)C3(N4CCCC4)CCCC3)CC2)cc1. The van der Waals surface area contributed by atoms with Crippen LogP contribution < -0.4 is 4.74 Å². The van der Waals surface area contributed by atoms with Crippen LogP contribution in [0.1, 0.15) is 48.9 Å². The van der Waals surface area contributed by atoms with Gasteiger partial charge in [0.1, 0.15) is 11.3 Å². The molecule has 3 fully saturated rings. The minimum Gasteiger partial charge on any atom is -0.497 e. The zero-order valence-electron chi connectivity index (χ0n) is 16.9. The number of rotatable bonds is 4. The fourth-order valence-electron chi connectivity index (χ4n) is 5.09. The van der Waals surface area contributed by atoms with Crippen molar-refractivity contribution in [2.75, 3.05) is 46.4 Å². The van der Waals surface area contributed by atoms with E-state index in [9.17, 15) is 9.59 Å². The standard InChI is InChI=1S/C22H31N3O3/c1-28-19-8-6-18(7-9-19)20(26)23-14-16-24(17-15-23)21(27)22(10-2-3-11-22)25-12-4-5-13-25/h6-9H,2-5,10-17H2,1H3. The van der Waals surface area contributed by atoms with Gasteiger partial charge in [0, 0.05) is 31.7 Å². The van der Waals surface area contributed by atoms with Crippen molar-refractivity contribution in [1.29, 1.82) is 0 Å². The van der Waals surface area contributed by atoms with E-state index in [0.29, 0.717) is 37.6 Å².